The van der Waals surface area contributed by atoms with Crippen LogP contribution in [0.25, 0.3) is 0 Å². The monoisotopic (exact) mass is 630 g/mol. The molecule has 3 unspecified atom stereocenters. The van der Waals surface area contributed by atoms with Crippen molar-refractivity contribution in [1.29, 1.82) is 0 Å². The molecule has 0 heterocycles. The Morgan fingerprint density at radius 3 is 2.16 bits per heavy atom. The van der Waals surface area contributed by atoms with Gasteiger partial charge >= 0.3 is 15.5 Å². The Labute approximate surface area is 254 Å². The van der Waals surface area contributed by atoms with Crippen molar-refractivity contribution in [2.24, 2.45) is 50.2 Å². The van der Waals surface area contributed by atoms with Gasteiger partial charge in [0.15, 0.2) is 5.78 Å². The van der Waals surface area contributed by atoms with E-state index >= 15 is 0 Å². The van der Waals surface area contributed by atoms with Crippen molar-refractivity contribution >= 4 is 21.7 Å². The highest BCUT2D eigenvalue weighted by atomic mass is 32.2. The lowest BCUT2D eigenvalue weighted by atomic mass is 9.33. The molecule has 0 spiro atoms. The molecule has 0 aromatic carbocycles. The molecule has 5 aliphatic carbocycles. The molecule has 0 aromatic rings. The van der Waals surface area contributed by atoms with Gasteiger partial charge in [0.1, 0.15) is 0 Å². The minimum Gasteiger partial charge on any atom is -0.295 e. The van der Waals surface area contributed by atoms with Gasteiger partial charge in [-0.3, -0.25) is 14.8 Å². The molecule has 244 valence electrons. The number of halogens is 3. The van der Waals surface area contributed by atoms with E-state index < -0.39 is 43.2 Å². The normalized spacial score (nSPS) is 46.0. The first kappa shape index (κ1) is 32.9. The number of hydroxylamine groups is 2. The second-order valence-electron chi connectivity index (χ2n) is 16.6. The number of alkyl halides is 3. The number of amides is 1. The number of carbonyl (C=O) groups excluding carboxylic acids is 2. The number of hydrogen-bond donors (Lipinski definition) is 2. The topological polar surface area (TPSA) is 104 Å². The summed E-state index contributed by atoms with van der Waals surface area (Å²) in [5.41, 5.74) is -7.08. The van der Waals surface area contributed by atoms with Crippen molar-refractivity contribution in [3.63, 3.8) is 0 Å². The smallest absolute Gasteiger partial charge is 0.295 e. The molecule has 5 aliphatic rings. The number of nitrogens with zero attached hydrogens (tertiary/aromatic N) is 1. The molecule has 43 heavy (non-hydrogen) atoms. The number of fused-ring (bicyclic) bond motifs is 7. The van der Waals surface area contributed by atoms with Crippen LogP contribution in [0.1, 0.15) is 106 Å². The standard InChI is InChI=1S/C32H49F3N2O5S/c1-26(2)22-9-12-31(7)24(29(22,5)11-10-23(26)36-43(41,42)32(33,34)35)21(38)17-19-20-18-28(4,25(39)37(8)40)14-13-27(20,3)15-16-30(19,31)6/h17,20,22-24,36,40H,9-16,18H2,1-8H3/t20?,22?,23-,24?,27+,28-,29-,30+,31+/m0/s1. The highest BCUT2D eigenvalue weighted by Crippen LogP contribution is 2.75. The van der Waals surface area contributed by atoms with Crippen LogP contribution in [0.2, 0.25) is 0 Å². The van der Waals surface area contributed by atoms with E-state index in [0.717, 1.165) is 24.8 Å². The van der Waals surface area contributed by atoms with Crippen molar-refractivity contribution in [2.75, 3.05) is 7.05 Å². The average Bonchev–Trinajstić information content (AvgIpc) is 2.86. The van der Waals surface area contributed by atoms with E-state index in [2.05, 4.69) is 27.7 Å². The number of sulfonamides is 1. The van der Waals surface area contributed by atoms with Gasteiger partial charge in [-0.1, -0.05) is 54.0 Å². The van der Waals surface area contributed by atoms with E-state index in [4.69, 9.17) is 0 Å². The van der Waals surface area contributed by atoms with Crippen LogP contribution in [-0.4, -0.2) is 49.0 Å². The SMILES string of the molecule is CN(O)C(=O)[C@@]1(C)CC[C@]2(C)CC[C@]3(C)C(=CC(=O)C4[C@@]5(C)CC[C@H](NS(=O)(=O)C(F)(F)F)C(C)(C)C5CC[C@]43C)C2C1. The van der Waals surface area contributed by atoms with Crippen LogP contribution in [0.5, 0.6) is 0 Å². The van der Waals surface area contributed by atoms with Gasteiger partial charge in [0.25, 0.3) is 5.91 Å². The van der Waals surface area contributed by atoms with Crippen LogP contribution in [0.4, 0.5) is 13.2 Å². The second-order valence-corrected chi connectivity index (χ2v) is 18.3. The van der Waals surface area contributed by atoms with Crippen LogP contribution in [0.15, 0.2) is 11.6 Å². The van der Waals surface area contributed by atoms with Crippen LogP contribution in [-0.2, 0) is 19.6 Å². The van der Waals surface area contributed by atoms with E-state index in [1.54, 1.807) is 0 Å². The van der Waals surface area contributed by atoms with Gasteiger partial charge in [0.05, 0.1) is 0 Å². The molecule has 0 aliphatic heterocycles. The molecular formula is C32H49F3N2O5S. The summed E-state index contributed by atoms with van der Waals surface area (Å²) < 4.78 is 66.1. The molecule has 5 rings (SSSR count). The predicted molar refractivity (Wildman–Crippen MR) is 156 cm³/mol. The van der Waals surface area contributed by atoms with Crippen LogP contribution >= 0.6 is 0 Å². The van der Waals surface area contributed by atoms with Crippen LogP contribution in [0, 0.1) is 50.2 Å². The molecular weight excluding hydrogens is 581 g/mol. The van der Waals surface area contributed by atoms with Crippen molar-refractivity contribution in [3.05, 3.63) is 11.6 Å². The van der Waals surface area contributed by atoms with Gasteiger partial charge in [-0.05, 0) is 103 Å². The highest BCUT2D eigenvalue weighted by Gasteiger charge is 2.70. The number of carbonyl (C=O) groups is 2. The second kappa shape index (κ2) is 9.53. The third-order valence-electron chi connectivity index (χ3n) is 14.0. The summed E-state index contributed by atoms with van der Waals surface area (Å²) in [6.07, 6.45) is 7.88. The number of allylic oxidation sites excluding steroid dienone is 2. The van der Waals surface area contributed by atoms with Gasteiger partial charge < -0.3 is 0 Å². The summed E-state index contributed by atoms with van der Waals surface area (Å²) in [6, 6.07) is -0.889. The molecule has 0 bridgehead atoms. The number of rotatable bonds is 3. The van der Waals surface area contributed by atoms with Gasteiger partial charge in [-0.25, -0.2) is 18.2 Å². The van der Waals surface area contributed by atoms with Gasteiger partial charge in [-0.15, -0.1) is 0 Å². The zero-order chi connectivity index (χ0) is 32.4. The van der Waals surface area contributed by atoms with E-state index in [1.807, 2.05) is 31.6 Å². The summed E-state index contributed by atoms with van der Waals surface area (Å²) in [5.74, 6) is -0.738. The Hall–Kier alpha value is -1.46. The predicted octanol–water partition coefficient (Wildman–Crippen LogP) is 6.62. The maximum atomic E-state index is 14.5. The number of nitrogens with one attached hydrogen (secondary N) is 1. The zero-order valence-corrected chi connectivity index (χ0v) is 27.6. The quantitative estimate of drug-likeness (QED) is 0.269. The average molecular weight is 631 g/mol. The van der Waals surface area contributed by atoms with E-state index in [0.29, 0.717) is 37.2 Å². The number of ketones is 1. The Kier molecular flexibility index (Phi) is 7.30. The number of hydrogen-bond acceptors (Lipinski definition) is 5. The Bertz CT molecular complexity index is 1360. The van der Waals surface area contributed by atoms with Gasteiger partial charge in [0, 0.05) is 24.4 Å². The zero-order valence-electron chi connectivity index (χ0n) is 26.8. The summed E-state index contributed by atoms with van der Waals surface area (Å²) in [5, 5.41) is 10.7. The highest BCUT2D eigenvalue weighted by molar-refractivity contribution is 7.90. The fourth-order valence-corrected chi connectivity index (χ4v) is 12.2. The maximum Gasteiger partial charge on any atom is 0.511 e. The largest absolute Gasteiger partial charge is 0.511 e. The summed E-state index contributed by atoms with van der Waals surface area (Å²) >= 11 is 0. The van der Waals surface area contributed by atoms with E-state index in [-0.39, 0.29) is 46.7 Å². The summed E-state index contributed by atoms with van der Waals surface area (Å²) in [6.45, 7) is 14.5. The lowest BCUT2D eigenvalue weighted by Gasteiger charge is -2.70. The van der Waals surface area contributed by atoms with Gasteiger partial charge in [0.2, 0.25) is 0 Å². The van der Waals surface area contributed by atoms with E-state index in [1.165, 1.54) is 7.05 Å². The molecule has 9 atom stereocenters. The van der Waals surface area contributed by atoms with Crippen molar-refractivity contribution in [3.8, 4) is 0 Å². The first-order chi connectivity index (χ1) is 19.4. The lowest BCUT2D eigenvalue weighted by molar-refractivity contribution is -0.190. The molecule has 0 radical (unpaired) electrons. The van der Waals surface area contributed by atoms with Crippen LogP contribution < -0.4 is 4.72 Å². The summed E-state index contributed by atoms with van der Waals surface area (Å²) in [7, 11) is -4.14. The van der Waals surface area contributed by atoms with Gasteiger partial charge in [-0.2, -0.15) is 13.2 Å². The molecule has 4 saturated carbocycles. The first-order valence-electron chi connectivity index (χ1n) is 15.7. The minimum atomic E-state index is -5.51. The minimum absolute atomic E-state index is 0.0186. The first-order valence-corrected chi connectivity index (χ1v) is 17.2. The third-order valence-corrected chi connectivity index (χ3v) is 15.2. The maximum absolute atomic E-state index is 14.5. The van der Waals surface area contributed by atoms with Crippen LogP contribution in [0.3, 0.4) is 0 Å². The Morgan fingerprint density at radius 2 is 1.58 bits per heavy atom. The fourth-order valence-electron chi connectivity index (χ4n) is 11.2. The molecule has 0 aromatic heterocycles. The molecule has 4 fully saturated rings. The Morgan fingerprint density at radius 1 is 0.977 bits per heavy atom. The molecule has 2 N–H and O–H groups in total. The Balaban J connectivity index is 1.53. The molecule has 7 nitrogen and oxygen atoms in total. The van der Waals surface area contributed by atoms with Crippen molar-refractivity contribution in [1.82, 2.24) is 9.79 Å². The lowest BCUT2D eigenvalue weighted by Crippen LogP contribution is -2.68. The molecule has 1 amide bonds. The van der Waals surface area contributed by atoms with Crippen molar-refractivity contribution in [2.45, 2.75) is 118 Å². The fraction of sp³-hybridized carbons (Fsp3) is 0.875. The summed E-state index contributed by atoms with van der Waals surface area (Å²) in [4.78, 5) is 27.6. The molecule has 11 heteroatoms. The van der Waals surface area contributed by atoms with E-state index in [9.17, 15) is 36.4 Å². The van der Waals surface area contributed by atoms with Crippen molar-refractivity contribution < 1.29 is 36.4 Å². The third kappa shape index (κ3) is 4.43. The molecule has 0 saturated heterocycles.